The molecule has 5 aromatic rings. The summed E-state index contributed by atoms with van der Waals surface area (Å²) in [6.45, 7) is 9.13. The largest absolute Gasteiger partial charge is 0.391 e. The number of carbonyl (C=O) groups excluding carboxylic acids is 2. The minimum Gasteiger partial charge on any atom is -0.391 e. The Kier molecular flexibility index (Phi) is 18.5. The molecule has 2 saturated heterocycles. The summed E-state index contributed by atoms with van der Waals surface area (Å²) in [5.41, 5.74) is 14.7. The molecule has 3 aromatic heterocycles. The van der Waals surface area contributed by atoms with E-state index in [0.29, 0.717) is 78.3 Å². The lowest BCUT2D eigenvalue weighted by Gasteiger charge is -2.35. The first kappa shape index (κ1) is 50.8. The molecule has 2 aromatic carbocycles. The summed E-state index contributed by atoms with van der Waals surface area (Å²) in [6.07, 6.45) is 6.55. The maximum Gasteiger partial charge on any atom is 0.231 e. The molecule has 8 N–H and O–H groups in total. The number of primary amides is 2. The van der Waals surface area contributed by atoms with E-state index in [2.05, 4.69) is 58.3 Å². The van der Waals surface area contributed by atoms with Gasteiger partial charge in [-0.05, 0) is 91.2 Å². The molecule has 2 aliphatic heterocycles. The quantitative estimate of drug-likeness (QED) is 0.0651. The fraction of sp³-hybridized carbons (Fsp3) is 0.457. The average Bonchev–Trinajstić information content (AvgIpc) is 3.74. The van der Waals surface area contributed by atoms with Gasteiger partial charge in [0.15, 0.2) is 23.3 Å². The van der Waals surface area contributed by atoms with Gasteiger partial charge in [0, 0.05) is 86.6 Å². The molecule has 7 rings (SSSR count). The van der Waals surface area contributed by atoms with Crippen LogP contribution in [-0.4, -0.2) is 139 Å². The highest BCUT2D eigenvalue weighted by atomic mass is 127. The number of halogens is 3. The summed E-state index contributed by atoms with van der Waals surface area (Å²) in [6, 6.07) is 16.2. The van der Waals surface area contributed by atoms with E-state index in [1.165, 1.54) is 12.7 Å². The van der Waals surface area contributed by atoms with Gasteiger partial charge in [-0.1, -0.05) is 36.4 Å². The first-order valence-corrected chi connectivity index (χ1v) is 23.5. The molecule has 21 heteroatoms. The van der Waals surface area contributed by atoms with Crippen molar-refractivity contribution in [3.05, 3.63) is 99.9 Å². The molecule has 0 saturated carbocycles. The number of nitrogens with two attached hydrogens (primary N) is 2. The van der Waals surface area contributed by atoms with Crippen LogP contribution in [0.15, 0.2) is 73.6 Å². The van der Waals surface area contributed by atoms with Crippen LogP contribution in [0.25, 0.3) is 11.1 Å². The fourth-order valence-corrected chi connectivity index (χ4v) is 8.60. The number of aliphatic hydroxyl groups excluding tert-OH is 2. The molecule has 67 heavy (non-hydrogen) atoms. The normalized spacial score (nSPS) is 18.7. The molecule has 2 fully saturated rings. The Labute approximate surface area is 403 Å². The van der Waals surface area contributed by atoms with Crippen molar-refractivity contribution >= 4 is 57.7 Å². The highest BCUT2D eigenvalue weighted by Gasteiger charge is 2.30. The number of benzene rings is 2. The number of aromatic nitrogens is 6. The maximum atomic E-state index is 15.4. The van der Waals surface area contributed by atoms with Crippen molar-refractivity contribution in [1.29, 1.82) is 0 Å². The smallest absolute Gasteiger partial charge is 0.231 e. The molecule has 0 spiro atoms. The van der Waals surface area contributed by atoms with E-state index >= 15 is 8.78 Å². The Morgan fingerprint density at radius 2 is 1.18 bits per heavy atom. The van der Waals surface area contributed by atoms with E-state index in [9.17, 15) is 19.8 Å². The molecule has 4 atom stereocenters. The molecule has 5 heterocycles. The number of piperidine rings is 2. The minimum atomic E-state index is -0.642. The molecule has 0 unspecified atom stereocenters. The van der Waals surface area contributed by atoms with Crippen molar-refractivity contribution in [2.45, 2.75) is 52.0 Å². The van der Waals surface area contributed by atoms with Crippen LogP contribution in [0.4, 0.5) is 32.1 Å². The summed E-state index contributed by atoms with van der Waals surface area (Å²) in [5.74, 6) is -1.32. The van der Waals surface area contributed by atoms with E-state index in [1.807, 2.05) is 101 Å². The van der Waals surface area contributed by atoms with E-state index in [-0.39, 0.29) is 48.2 Å². The lowest BCUT2D eigenvalue weighted by Crippen LogP contribution is -2.48. The third-order valence-corrected chi connectivity index (χ3v) is 12.7. The summed E-state index contributed by atoms with van der Waals surface area (Å²) in [5, 5.41) is 31.2. The summed E-state index contributed by atoms with van der Waals surface area (Å²) >= 11 is 2.25. The third kappa shape index (κ3) is 14.4. The van der Waals surface area contributed by atoms with Crippen molar-refractivity contribution in [2.24, 2.45) is 30.4 Å². The zero-order chi connectivity index (χ0) is 48.0. The molecule has 0 aliphatic carbocycles. The number of hydrogen-bond donors (Lipinski definition) is 6. The number of β-amino-alcohol motifs (C(OH)–C–C–N with tert-alkyl or cyclic N) is 2. The number of hydrogen-bond acceptors (Lipinski definition) is 15. The van der Waals surface area contributed by atoms with Gasteiger partial charge in [0.1, 0.15) is 12.7 Å². The van der Waals surface area contributed by atoms with Crippen molar-refractivity contribution < 1.29 is 28.6 Å². The van der Waals surface area contributed by atoms with E-state index in [4.69, 9.17) is 11.5 Å². The summed E-state index contributed by atoms with van der Waals surface area (Å²) in [7, 11) is 1.88. The van der Waals surface area contributed by atoms with Crippen LogP contribution in [0.5, 0.6) is 0 Å². The molecular formula is C46H61F2IN14O4. The number of nitrogens with zero attached hydrogens (tertiary/aromatic N) is 10. The van der Waals surface area contributed by atoms with Crippen molar-refractivity contribution in [3.8, 4) is 11.1 Å². The monoisotopic (exact) mass is 1040 g/mol. The second-order valence-corrected chi connectivity index (χ2v) is 18.1. The van der Waals surface area contributed by atoms with Crippen LogP contribution in [0.3, 0.4) is 0 Å². The van der Waals surface area contributed by atoms with E-state index in [1.54, 1.807) is 4.68 Å². The van der Waals surface area contributed by atoms with Crippen LogP contribution in [0, 0.1) is 27.0 Å². The first-order chi connectivity index (χ1) is 32.2. The number of amides is 2. The molecular weight excluding hydrogens is 977 g/mol. The number of anilines is 4. The molecule has 2 amide bonds. The second-order valence-electron chi connectivity index (χ2n) is 16.9. The molecule has 360 valence electrons. The molecule has 2 aliphatic rings. The van der Waals surface area contributed by atoms with Gasteiger partial charge in [0.05, 0.1) is 31.5 Å². The standard InChI is InChI=1S/C25H33FN8O2.C21H28FIN6O2/c1-3-34(12-17-4-6-18(7-5-17)20-11-31-32(2)13-20)25-23(26)24(29-16-30-25)28-10-19-8-9-33(14-21(19)35)15-22(27)36;1-2-29(10-14-3-5-16(23)6-4-14)21-19(22)20(26-13-27-21)25-9-15-7-8-28(11-17(15)30)12-18(24)31/h4-7,11,13,16,19,21,35H,3,8-10,12,14-15H2,1-2H3,(H2,27,36)(H,28,29,30);3-6,13,15,17,30H,2,7-12H2,1H3,(H2,24,31)(H,25,26,27)/t19-,21+;15-,17+/m00/s1. The van der Waals surface area contributed by atoms with Gasteiger partial charge in [0.25, 0.3) is 0 Å². The van der Waals surface area contributed by atoms with Crippen LogP contribution in [0.1, 0.15) is 37.8 Å². The molecule has 0 radical (unpaired) electrons. The van der Waals surface area contributed by atoms with Crippen molar-refractivity contribution in [1.82, 2.24) is 39.5 Å². The van der Waals surface area contributed by atoms with Crippen molar-refractivity contribution in [3.63, 3.8) is 0 Å². The highest BCUT2D eigenvalue weighted by Crippen LogP contribution is 2.27. The zero-order valence-corrected chi connectivity index (χ0v) is 40.3. The van der Waals surface area contributed by atoms with Gasteiger partial charge in [-0.2, -0.15) is 13.9 Å². The maximum absolute atomic E-state index is 15.4. The van der Waals surface area contributed by atoms with E-state index in [0.717, 1.165) is 25.8 Å². The number of carbonyl (C=O) groups is 2. The predicted octanol–water partition coefficient (Wildman–Crippen LogP) is 3.45. The average molecular weight is 1040 g/mol. The Morgan fingerprint density at radius 1 is 0.731 bits per heavy atom. The second kappa shape index (κ2) is 24.4. The number of likely N-dealkylation sites (tertiary alicyclic amines) is 2. The van der Waals surface area contributed by atoms with Gasteiger partial charge >= 0.3 is 0 Å². The Hall–Kier alpha value is -5.62. The number of aryl methyl sites for hydroxylation is 1. The van der Waals surface area contributed by atoms with Crippen LogP contribution in [-0.2, 0) is 29.7 Å². The van der Waals surface area contributed by atoms with Gasteiger partial charge in [-0.25, -0.2) is 19.9 Å². The number of nitrogens with one attached hydrogen (secondary N) is 2. The van der Waals surface area contributed by atoms with E-state index < -0.39 is 35.7 Å². The van der Waals surface area contributed by atoms with Gasteiger partial charge in [-0.15, -0.1) is 0 Å². The third-order valence-electron chi connectivity index (χ3n) is 12.0. The fourth-order valence-electron chi connectivity index (χ4n) is 8.24. The Morgan fingerprint density at radius 3 is 1.57 bits per heavy atom. The zero-order valence-electron chi connectivity index (χ0n) is 38.1. The minimum absolute atomic E-state index is 0.0731. The van der Waals surface area contributed by atoms with Crippen LogP contribution >= 0.6 is 22.6 Å². The lowest BCUT2D eigenvalue weighted by atomic mass is 9.93. The van der Waals surface area contributed by atoms with Crippen LogP contribution in [0.2, 0.25) is 0 Å². The van der Waals surface area contributed by atoms with Gasteiger partial charge < -0.3 is 42.1 Å². The summed E-state index contributed by atoms with van der Waals surface area (Å²) in [4.78, 5) is 46.1. The van der Waals surface area contributed by atoms with Crippen LogP contribution < -0.4 is 31.9 Å². The summed E-state index contributed by atoms with van der Waals surface area (Å²) < 4.78 is 33.5. The molecule has 0 bridgehead atoms. The SMILES string of the molecule is CCN(Cc1ccc(-c2cnn(C)c2)cc1)c1ncnc(NC[C@@H]2CCN(CC(N)=O)C[C@H]2O)c1F.CCN(Cc1ccc(I)cc1)c1ncnc(NC[C@@H]2CCN(CC(N)=O)C[C@H]2O)c1F. The van der Waals surface area contributed by atoms with Gasteiger partial charge in [-0.3, -0.25) is 24.1 Å². The Bertz CT molecular complexity index is 2380. The topological polar surface area (TPSA) is 233 Å². The van der Waals surface area contributed by atoms with Crippen molar-refractivity contribution in [2.75, 3.05) is 85.9 Å². The Balaban J connectivity index is 0.000000224. The lowest BCUT2D eigenvalue weighted by molar-refractivity contribution is -0.121. The highest BCUT2D eigenvalue weighted by molar-refractivity contribution is 14.1. The van der Waals surface area contributed by atoms with Gasteiger partial charge in [0.2, 0.25) is 23.4 Å². The number of rotatable bonds is 19. The molecule has 18 nitrogen and oxygen atoms in total. The number of aliphatic hydroxyl groups is 2. The predicted molar refractivity (Wildman–Crippen MR) is 262 cm³/mol. The first-order valence-electron chi connectivity index (χ1n) is 22.4.